The van der Waals surface area contributed by atoms with Crippen molar-refractivity contribution < 1.29 is 9.50 Å². The Bertz CT molecular complexity index is 353. The van der Waals surface area contributed by atoms with E-state index in [0.29, 0.717) is 5.69 Å². The van der Waals surface area contributed by atoms with Crippen molar-refractivity contribution in [2.75, 3.05) is 23.4 Å². The normalized spacial score (nSPS) is 25.4. The average molecular weight is 241 g/mol. The van der Waals surface area contributed by atoms with E-state index < -0.39 is 0 Å². The zero-order valence-electron chi connectivity index (χ0n) is 9.08. The molecule has 0 aromatic heterocycles. The largest absolute Gasteiger partial charge is 0.394 e. The molecule has 1 unspecified atom stereocenters. The summed E-state index contributed by atoms with van der Waals surface area (Å²) in [5.74, 6) is 1.70. The highest BCUT2D eigenvalue weighted by atomic mass is 32.2. The summed E-state index contributed by atoms with van der Waals surface area (Å²) >= 11 is 1.81. The number of aliphatic hydroxyl groups excluding tert-OH is 1. The van der Waals surface area contributed by atoms with Crippen LogP contribution in [-0.2, 0) is 0 Å². The van der Waals surface area contributed by atoms with E-state index in [4.69, 9.17) is 0 Å². The Labute approximate surface area is 99.2 Å². The maximum absolute atomic E-state index is 13.5. The minimum Gasteiger partial charge on any atom is -0.394 e. The van der Waals surface area contributed by atoms with Gasteiger partial charge in [0.1, 0.15) is 5.82 Å². The minimum absolute atomic E-state index is 0.0499. The summed E-state index contributed by atoms with van der Waals surface area (Å²) < 4.78 is 13.5. The van der Waals surface area contributed by atoms with E-state index in [1.807, 2.05) is 0 Å². The number of thioether (sulfide) groups is 1. The molecule has 2 rings (SSSR count). The third-order valence-corrected chi connectivity index (χ3v) is 4.23. The Kier molecular flexibility index (Phi) is 3.71. The quantitative estimate of drug-likeness (QED) is 0.852. The molecule has 0 amide bonds. The van der Waals surface area contributed by atoms with Gasteiger partial charge >= 0.3 is 0 Å². The first-order valence-electron chi connectivity index (χ1n) is 5.47. The monoisotopic (exact) mass is 241 g/mol. The van der Waals surface area contributed by atoms with Crippen molar-refractivity contribution >= 4 is 17.4 Å². The van der Waals surface area contributed by atoms with Gasteiger partial charge in [-0.15, -0.1) is 0 Å². The average Bonchev–Trinajstić information content (AvgIpc) is 2.33. The fourth-order valence-electron chi connectivity index (χ4n) is 1.96. The van der Waals surface area contributed by atoms with Crippen molar-refractivity contribution in [3.8, 4) is 0 Å². The number of para-hydroxylation sites is 1. The molecule has 1 saturated heterocycles. The Morgan fingerprint density at radius 3 is 2.88 bits per heavy atom. The highest BCUT2D eigenvalue weighted by molar-refractivity contribution is 7.99. The first kappa shape index (κ1) is 11.7. The molecule has 2 N–H and O–H groups in total. The minimum atomic E-state index is -0.356. The van der Waals surface area contributed by atoms with Gasteiger partial charge in [0.15, 0.2) is 0 Å². The summed E-state index contributed by atoms with van der Waals surface area (Å²) in [5, 5.41) is 12.7. The molecule has 1 atom stereocenters. The third kappa shape index (κ3) is 2.50. The predicted octanol–water partition coefficient (Wildman–Crippen LogP) is 2.50. The van der Waals surface area contributed by atoms with Gasteiger partial charge in [-0.1, -0.05) is 12.1 Å². The van der Waals surface area contributed by atoms with Crippen LogP contribution in [0, 0.1) is 5.82 Å². The van der Waals surface area contributed by atoms with Gasteiger partial charge in [0.05, 0.1) is 17.8 Å². The van der Waals surface area contributed by atoms with Crippen molar-refractivity contribution in [2.45, 2.75) is 18.4 Å². The van der Waals surface area contributed by atoms with Gasteiger partial charge in [-0.25, -0.2) is 4.39 Å². The summed E-state index contributed by atoms with van der Waals surface area (Å²) in [6.45, 7) is 0.0499. The number of rotatable bonds is 3. The second-order valence-corrected chi connectivity index (χ2v) is 5.30. The van der Waals surface area contributed by atoms with E-state index in [0.717, 1.165) is 24.3 Å². The van der Waals surface area contributed by atoms with Gasteiger partial charge in [-0.05, 0) is 30.7 Å². The van der Waals surface area contributed by atoms with Crippen LogP contribution < -0.4 is 5.32 Å². The van der Waals surface area contributed by atoms with Crippen LogP contribution >= 0.6 is 11.8 Å². The maximum Gasteiger partial charge on any atom is 0.146 e. The molecular formula is C12H16FNOS. The van der Waals surface area contributed by atoms with Gasteiger partial charge in [0, 0.05) is 5.75 Å². The standard InChI is InChI=1S/C12H16FNOS/c13-10-4-1-2-5-11(10)14-12(8-15)6-3-7-16-9-12/h1-2,4-5,14-15H,3,6-9H2. The lowest BCUT2D eigenvalue weighted by Gasteiger charge is -2.37. The lowest BCUT2D eigenvalue weighted by Crippen LogP contribution is -2.46. The molecule has 0 radical (unpaired) electrons. The van der Waals surface area contributed by atoms with Crippen molar-refractivity contribution in [2.24, 2.45) is 0 Å². The van der Waals surface area contributed by atoms with Crippen LogP contribution in [0.2, 0.25) is 0 Å². The number of halogens is 1. The highest BCUT2D eigenvalue weighted by Crippen LogP contribution is 2.30. The Morgan fingerprint density at radius 1 is 1.44 bits per heavy atom. The molecule has 1 aliphatic heterocycles. The zero-order chi connectivity index (χ0) is 11.4. The molecule has 1 heterocycles. The molecule has 2 nitrogen and oxygen atoms in total. The van der Waals surface area contributed by atoms with Gasteiger partial charge in [-0.3, -0.25) is 0 Å². The topological polar surface area (TPSA) is 32.3 Å². The third-order valence-electron chi connectivity index (χ3n) is 2.90. The number of hydrogen-bond acceptors (Lipinski definition) is 3. The Balaban J connectivity index is 2.15. The molecule has 0 bridgehead atoms. The van der Waals surface area contributed by atoms with Crippen molar-refractivity contribution in [1.29, 1.82) is 0 Å². The van der Waals surface area contributed by atoms with Crippen LogP contribution in [0.1, 0.15) is 12.8 Å². The van der Waals surface area contributed by atoms with Crippen LogP contribution in [0.3, 0.4) is 0 Å². The maximum atomic E-state index is 13.5. The van der Waals surface area contributed by atoms with Crippen LogP contribution in [0.4, 0.5) is 10.1 Å². The molecule has 1 aromatic carbocycles. The number of nitrogens with one attached hydrogen (secondary N) is 1. The fourth-order valence-corrected chi connectivity index (χ4v) is 3.15. The fraction of sp³-hybridized carbons (Fsp3) is 0.500. The Hall–Kier alpha value is -0.740. The number of benzene rings is 1. The second kappa shape index (κ2) is 5.06. The summed E-state index contributed by atoms with van der Waals surface area (Å²) in [6.07, 6.45) is 1.96. The first-order valence-corrected chi connectivity index (χ1v) is 6.63. The van der Waals surface area contributed by atoms with E-state index in [1.165, 1.54) is 6.07 Å². The number of anilines is 1. The number of aliphatic hydroxyl groups is 1. The molecule has 1 aliphatic rings. The lowest BCUT2D eigenvalue weighted by molar-refractivity contribution is 0.214. The van der Waals surface area contributed by atoms with Crippen molar-refractivity contribution in [3.05, 3.63) is 30.1 Å². The molecule has 4 heteroatoms. The van der Waals surface area contributed by atoms with Gasteiger partial charge < -0.3 is 10.4 Å². The van der Waals surface area contributed by atoms with Crippen LogP contribution in [-0.4, -0.2) is 28.8 Å². The molecule has 88 valence electrons. The molecular weight excluding hydrogens is 225 g/mol. The number of hydrogen-bond donors (Lipinski definition) is 2. The van der Waals surface area contributed by atoms with E-state index in [9.17, 15) is 9.50 Å². The summed E-state index contributed by atoms with van der Waals surface area (Å²) in [7, 11) is 0. The van der Waals surface area contributed by atoms with E-state index in [1.54, 1.807) is 30.0 Å². The summed E-state index contributed by atoms with van der Waals surface area (Å²) in [6, 6.07) is 6.61. The van der Waals surface area contributed by atoms with Crippen LogP contribution in [0.5, 0.6) is 0 Å². The van der Waals surface area contributed by atoms with E-state index in [2.05, 4.69) is 5.32 Å². The SMILES string of the molecule is OCC1(Nc2ccccc2F)CCCSC1. The molecule has 1 fully saturated rings. The predicted molar refractivity (Wildman–Crippen MR) is 66.4 cm³/mol. The highest BCUT2D eigenvalue weighted by Gasteiger charge is 2.32. The molecule has 0 aliphatic carbocycles. The zero-order valence-corrected chi connectivity index (χ0v) is 9.89. The second-order valence-electron chi connectivity index (χ2n) is 4.20. The van der Waals surface area contributed by atoms with E-state index >= 15 is 0 Å². The smallest absolute Gasteiger partial charge is 0.146 e. The van der Waals surface area contributed by atoms with E-state index in [-0.39, 0.29) is 18.0 Å². The van der Waals surface area contributed by atoms with Gasteiger partial charge in [0.2, 0.25) is 0 Å². The summed E-state index contributed by atoms with van der Waals surface area (Å²) in [4.78, 5) is 0. The van der Waals surface area contributed by atoms with Crippen molar-refractivity contribution in [3.63, 3.8) is 0 Å². The summed E-state index contributed by atoms with van der Waals surface area (Å²) in [5.41, 5.74) is 0.129. The molecule has 1 aromatic rings. The van der Waals surface area contributed by atoms with Crippen LogP contribution in [0.15, 0.2) is 24.3 Å². The lowest BCUT2D eigenvalue weighted by atomic mass is 9.96. The Morgan fingerprint density at radius 2 is 2.25 bits per heavy atom. The van der Waals surface area contributed by atoms with Gasteiger partial charge in [0.25, 0.3) is 0 Å². The molecule has 0 spiro atoms. The van der Waals surface area contributed by atoms with Gasteiger partial charge in [-0.2, -0.15) is 11.8 Å². The molecule has 16 heavy (non-hydrogen) atoms. The first-order chi connectivity index (χ1) is 7.76. The van der Waals surface area contributed by atoms with Crippen LogP contribution in [0.25, 0.3) is 0 Å². The molecule has 0 saturated carbocycles. The van der Waals surface area contributed by atoms with Crippen molar-refractivity contribution in [1.82, 2.24) is 0 Å².